The lowest BCUT2D eigenvalue weighted by Gasteiger charge is -2.11. The maximum absolute atomic E-state index is 11.0. The summed E-state index contributed by atoms with van der Waals surface area (Å²) in [6.45, 7) is 5.79. The number of pyridine rings is 1. The lowest BCUT2D eigenvalue weighted by atomic mass is 10.1. The zero-order chi connectivity index (χ0) is 19.5. The maximum Gasteiger partial charge on any atom is 0.221 e. The fourth-order valence-corrected chi connectivity index (χ4v) is 2.59. The van der Waals surface area contributed by atoms with E-state index in [1.165, 1.54) is 12.5 Å². The van der Waals surface area contributed by atoms with Crippen molar-refractivity contribution in [1.29, 1.82) is 0 Å². The van der Waals surface area contributed by atoms with Crippen LogP contribution in [0.2, 0.25) is 5.15 Å². The third-order valence-corrected chi connectivity index (χ3v) is 4.01. The van der Waals surface area contributed by atoms with Gasteiger partial charge in [0.05, 0.1) is 0 Å². The van der Waals surface area contributed by atoms with Crippen LogP contribution in [0.4, 0.5) is 5.69 Å². The Morgan fingerprint density at radius 3 is 2.39 bits per heavy atom. The summed E-state index contributed by atoms with van der Waals surface area (Å²) in [6.07, 6.45) is 3.47. The number of carbonyl (C=O) groups excluding carboxylic acids is 1. The highest BCUT2D eigenvalue weighted by atomic mass is 127. The van der Waals surface area contributed by atoms with Gasteiger partial charge in [0.2, 0.25) is 5.91 Å². The summed E-state index contributed by atoms with van der Waals surface area (Å²) in [5.74, 6) is 0.734. The molecule has 0 saturated carbocycles. The molecule has 0 aliphatic carbocycles. The van der Waals surface area contributed by atoms with Crippen LogP contribution in [-0.4, -0.2) is 36.5 Å². The molecule has 1 amide bonds. The lowest BCUT2D eigenvalue weighted by Crippen LogP contribution is -2.38. The minimum Gasteiger partial charge on any atom is -0.357 e. The highest BCUT2D eigenvalue weighted by molar-refractivity contribution is 14.0. The van der Waals surface area contributed by atoms with Gasteiger partial charge in [-0.05, 0) is 49.1 Å². The number of hydrogen-bond acceptors (Lipinski definition) is 3. The molecule has 1 heterocycles. The second-order valence-corrected chi connectivity index (χ2v) is 6.44. The first kappa shape index (κ1) is 24.2. The molecule has 6 nitrogen and oxygen atoms in total. The molecule has 2 aromatic rings. The van der Waals surface area contributed by atoms with E-state index in [1.807, 2.05) is 37.3 Å². The third-order valence-electron chi connectivity index (χ3n) is 3.78. The van der Waals surface area contributed by atoms with Gasteiger partial charge in [0.15, 0.2) is 5.96 Å². The van der Waals surface area contributed by atoms with Crippen molar-refractivity contribution >= 4 is 53.1 Å². The predicted octanol–water partition coefficient (Wildman–Crippen LogP) is 3.65. The van der Waals surface area contributed by atoms with Crippen molar-refractivity contribution in [3.63, 3.8) is 0 Å². The Bertz CT molecular complexity index is 750. The molecule has 8 heteroatoms. The molecular weight excluding hydrogens is 489 g/mol. The quantitative estimate of drug-likeness (QED) is 0.217. The van der Waals surface area contributed by atoms with E-state index in [-0.39, 0.29) is 29.9 Å². The first-order valence-electron chi connectivity index (χ1n) is 9.06. The molecule has 0 saturated heterocycles. The van der Waals surface area contributed by atoms with E-state index in [2.05, 4.69) is 25.9 Å². The Labute approximate surface area is 188 Å². The van der Waals surface area contributed by atoms with Gasteiger partial charge in [-0.15, -0.1) is 24.0 Å². The predicted molar refractivity (Wildman–Crippen MR) is 127 cm³/mol. The van der Waals surface area contributed by atoms with E-state index >= 15 is 0 Å². The monoisotopic (exact) mass is 515 g/mol. The van der Waals surface area contributed by atoms with Crippen molar-refractivity contribution in [2.75, 3.05) is 25.0 Å². The van der Waals surface area contributed by atoms with Crippen LogP contribution in [0.1, 0.15) is 25.0 Å². The van der Waals surface area contributed by atoms with Gasteiger partial charge < -0.3 is 16.0 Å². The van der Waals surface area contributed by atoms with Crippen LogP contribution in [0, 0.1) is 0 Å². The van der Waals surface area contributed by atoms with Gasteiger partial charge in [-0.3, -0.25) is 9.79 Å². The fraction of sp³-hybridized carbons (Fsp3) is 0.350. The summed E-state index contributed by atoms with van der Waals surface area (Å²) in [6, 6.07) is 11.6. The zero-order valence-corrected chi connectivity index (χ0v) is 19.3. The van der Waals surface area contributed by atoms with Crippen LogP contribution in [-0.2, 0) is 17.6 Å². The van der Waals surface area contributed by atoms with E-state index < -0.39 is 0 Å². The molecule has 0 spiro atoms. The van der Waals surface area contributed by atoms with Gasteiger partial charge in [0.1, 0.15) is 5.15 Å². The molecule has 2 rings (SSSR count). The number of halogens is 2. The molecule has 1 aromatic carbocycles. The average Bonchev–Trinajstić information content (AvgIpc) is 2.64. The number of aliphatic imine (C=N–C) groups is 1. The fourth-order valence-electron chi connectivity index (χ4n) is 2.48. The summed E-state index contributed by atoms with van der Waals surface area (Å²) < 4.78 is 0. The number of hydrogen-bond donors (Lipinski definition) is 3. The summed E-state index contributed by atoms with van der Waals surface area (Å²) in [4.78, 5) is 19.7. The normalized spacial score (nSPS) is 10.8. The highest BCUT2D eigenvalue weighted by Gasteiger charge is 2.00. The molecule has 0 aliphatic heterocycles. The topological polar surface area (TPSA) is 78.4 Å². The maximum atomic E-state index is 11.0. The number of anilines is 1. The largest absolute Gasteiger partial charge is 0.357 e. The Morgan fingerprint density at radius 2 is 1.79 bits per heavy atom. The van der Waals surface area contributed by atoms with Gasteiger partial charge in [0, 0.05) is 38.4 Å². The van der Waals surface area contributed by atoms with Crippen molar-refractivity contribution in [3.8, 4) is 0 Å². The third kappa shape index (κ3) is 9.36. The first-order chi connectivity index (χ1) is 13.1. The van der Waals surface area contributed by atoms with Crippen LogP contribution in [0.3, 0.4) is 0 Å². The second kappa shape index (κ2) is 13.3. The molecule has 0 aliphatic rings. The van der Waals surface area contributed by atoms with Crippen LogP contribution in [0.15, 0.2) is 47.6 Å². The number of nitrogens with zero attached hydrogens (tertiary/aromatic N) is 2. The summed E-state index contributed by atoms with van der Waals surface area (Å²) in [7, 11) is 0. The van der Waals surface area contributed by atoms with Gasteiger partial charge in [-0.2, -0.15) is 0 Å². The number of amides is 1. The standard InChI is InChI=1S/C20H26ClN5O.HI/c1-3-22-20(24-13-11-17-6-9-19(21)25-14-17)23-12-10-16-4-7-18(8-5-16)26-15(2)27;/h4-9,14H,3,10-13H2,1-2H3,(H,26,27)(H2,22,23,24);1H. The van der Waals surface area contributed by atoms with Crippen molar-refractivity contribution in [2.45, 2.75) is 26.7 Å². The smallest absolute Gasteiger partial charge is 0.221 e. The number of rotatable bonds is 8. The first-order valence-corrected chi connectivity index (χ1v) is 9.43. The Morgan fingerprint density at radius 1 is 1.07 bits per heavy atom. The van der Waals surface area contributed by atoms with E-state index in [9.17, 15) is 4.79 Å². The van der Waals surface area contributed by atoms with E-state index in [0.29, 0.717) is 11.7 Å². The molecule has 1 aromatic heterocycles. The van der Waals surface area contributed by atoms with Gasteiger partial charge in [-0.1, -0.05) is 29.8 Å². The Balaban J connectivity index is 0.00000392. The Kier molecular flexibility index (Phi) is 11.5. The number of aromatic nitrogens is 1. The number of carbonyl (C=O) groups is 1. The highest BCUT2D eigenvalue weighted by Crippen LogP contribution is 2.10. The lowest BCUT2D eigenvalue weighted by molar-refractivity contribution is -0.114. The van der Waals surface area contributed by atoms with E-state index in [0.717, 1.165) is 43.1 Å². The molecule has 0 fully saturated rings. The molecule has 28 heavy (non-hydrogen) atoms. The van der Waals surface area contributed by atoms with Crippen LogP contribution < -0.4 is 16.0 Å². The van der Waals surface area contributed by atoms with Gasteiger partial charge >= 0.3 is 0 Å². The van der Waals surface area contributed by atoms with Crippen LogP contribution in [0.25, 0.3) is 0 Å². The molecule has 0 radical (unpaired) electrons. The minimum atomic E-state index is -0.0666. The minimum absolute atomic E-state index is 0. The molecule has 152 valence electrons. The van der Waals surface area contributed by atoms with E-state index in [4.69, 9.17) is 11.6 Å². The molecule has 0 atom stereocenters. The van der Waals surface area contributed by atoms with Crippen molar-refractivity contribution in [1.82, 2.24) is 15.6 Å². The van der Waals surface area contributed by atoms with Crippen molar-refractivity contribution < 1.29 is 4.79 Å². The molecule has 0 bridgehead atoms. The molecular formula is C20H27ClIN5O. The summed E-state index contributed by atoms with van der Waals surface area (Å²) in [5.41, 5.74) is 3.11. The molecule has 0 unspecified atom stereocenters. The second-order valence-electron chi connectivity index (χ2n) is 6.05. The van der Waals surface area contributed by atoms with E-state index in [1.54, 1.807) is 12.3 Å². The number of benzene rings is 1. The van der Waals surface area contributed by atoms with Gasteiger partial charge in [-0.25, -0.2) is 4.98 Å². The van der Waals surface area contributed by atoms with Crippen LogP contribution in [0.5, 0.6) is 0 Å². The SMILES string of the molecule is CCNC(=NCCc1ccc(NC(C)=O)cc1)NCCc1ccc(Cl)nc1.I. The van der Waals surface area contributed by atoms with Gasteiger partial charge in [0.25, 0.3) is 0 Å². The Hall–Kier alpha value is -1.87. The summed E-state index contributed by atoms with van der Waals surface area (Å²) >= 11 is 5.80. The number of guanidine groups is 1. The average molecular weight is 516 g/mol. The number of nitrogens with one attached hydrogen (secondary N) is 3. The zero-order valence-electron chi connectivity index (χ0n) is 16.2. The van der Waals surface area contributed by atoms with Crippen molar-refractivity contribution in [3.05, 3.63) is 58.9 Å². The van der Waals surface area contributed by atoms with Crippen LogP contribution >= 0.6 is 35.6 Å². The molecule has 3 N–H and O–H groups in total. The van der Waals surface area contributed by atoms with Crippen molar-refractivity contribution in [2.24, 2.45) is 4.99 Å². The summed E-state index contributed by atoms with van der Waals surface area (Å²) in [5, 5.41) is 9.85.